The van der Waals surface area contributed by atoms with Gasteiger partial charge in [-0.25, -0.2) is 0 Å². The highest BCUT2D eigenvalue weighted by molar-refractivity contribution is 5.99. The lowest BCUT2D eigenvalue weighted by molar-refractivity contribution is -0.117. The van der Waals surface area contributed by atoms with Gasteiger partial charge < -0.3 is 14.5 Å². The van der Waals surface area contributed by atoms with E-state index in [2.05, 4.69) is 13.0 Å². The highest BCUT2D eigenvalue weighted by Gasteiger charge is 2.29. The predicted molar refractivity (Wildman–Crippen MR) is 104 cm³/mol. The second-order valence-corrected chi connectivity index (χ2v) is 7.19. The molecule has 0 aromatic heterocycles. The van der Waals surface area contributed by atoms with E-state index in [4.69, 9.17) is 4.74 Å². The number of rotatable bonds is 3. The van der Waals surface area contributed by atoms with Crippen molar-refractivity contribution < 1.29 is 14.3 Å². The van der Waals surface area contributed by atoms with E-state index >= 15 is 0 Å². The highest BCUT2D eigenvalue weighted by atomic mass is 16.5. The van der Waals surface area contributed by atoms with Crippen LogP contribution in [0.1, 0.15) is 47.3 Å². The van der Waals surface area contributed by atoms with Crippen LogP contribution in [0.2, 0.25) is 0 Å². The Morgan fingerprint density at radius 3 is 2.70 bits per heavy atom. The van der Waals surface area contributed by atoms with Gasteiger partial charge in [-0.1, -0.05) is 12.1 Å². The first kappa shape index (κ1) is 17.6. The Kier molecular flexibility index (Phi) is 4.60. The molecule has 0 spiro atoms. The molecule has 5 nitrogen and oxygen atoms in total. The molecule has 1 unspecified atom stereocenters. The van der Waals surface area contributed by atoms with Crippen LogP contribution >= 0.6 is 0 Å². The molecular formula is C22H24N2O3. The number of hydrogen-bond acceptors (Lipinski definition) is 3. The van der Waals surface area contributed by atoms with Crippen molar-refractivity contribution in [3.63, 3.8) is 0 Å². The monoisotopic (exact) mass is 364 g/mol. The molecule has 0 saturated carbocycles. The van der Waals surface area contributed by atoms with Crippen LogP contribution in [0.4, 0.5) is 5.69 Å². The first-order valence-electron chi connectivity index (χ1n) is 9.46. The van der Waals surface area contributed by atoms with Crippen LogP contribution in [0.15, 0.2) is 42.5 Å². The van der Waals surface area contributed by atoms with E-state index in [0.29, 0.717) is 18.5 Å². The Morgan fingerprint density at radius 1 is 1.11 bits per heavy atom. The van der Waals surface area contributed by atoms with Crippen molar-refractivity contribution in [3.8, 4) is 5.75 Å². The number of nitrogens with zero attached hydrogens (tertiary/aromatic N) is 2. The zero-order valence-electron chi connectivity index (χ0n) is 15.8. The maximum atomic E-state index is 13.2. The third-order valence-corrected chi connectivity index (χ3v) is 5.63. The quantitative estimate of drug-likeness (QED) is 0.836. The molecule has 2 heterocycles. The predicted octanol–water partition coefficient (Wildman–Crippen LogP) is 3.58. The van der Waals surface area contributed by atoms with Gasteiger partial charge in [0.1, 0.15) is 5.75 Å². The average molecular weight is 364 g/mol. The molecule has 27 heavy (non-hydrogen) atoms. The van der Waals surface area contributed by atoms with E-state index in [1.807, 2.05) is 41.3 Å². The lowest BCUT2D eigenvalue weighted by Gasteiger charge is -2.35. The molecule has 1 saturated heterocycles. The smallest absolute Gasteiger partial charge is 0.254 e. The van der Waals surface area contributed by atoms with Gasteiger partial charge in [0.25, 0.3) is 5.91 Å². The van der Waals surface area contributed by atoms with Gasteiger partial charge in [0, 0.05) is 30.8 Å². The fraction of sp³-hybridized carbons (Fsp3) is 0.364. The van der Waals surface area contributed by atoms with Gasteiger partial charge in [-0.2, -0.15) is 0 Å². The van der Waals surface area contributed by atoms with E-state index in [1.54, 1.807) is 12.0 Å². The minimum Gasteiger partial charge on any atom is -0.497 e. The van der Waals surface area contributed by atoms with Gasteiger partial charge in [0.2, 0.25) is 5.91 Å². The van der Waals surface area contributed by atoms with Crippen LogP contribution in [0.3, 0.4) is 0 Å². The van der Waals surface area contributed by atoms with Crippen LogP contribution < -0.4 is 9.64 Å². The average Bonchev–Trinajstić information content (AvgIpc) is 3.13. The summed E-state index contributed by atoms with van der Waals surface area (Å²) in [5.74, 6) is 0.945. The third kappa shape index (κ3) is 3.18. The van der Waals surface area contributed by atoms with Crippen molar-refractivity contribution in [2.75, 3.05) is 25.1 Å². The van der Waals surface area contributed by atoms with Gasteiger partial charge >= 0.3 is 0 Å². The van der Waals surface area contributed by atoms with Crippen LogP contribution in [0, 0.1) is 0 Å². The summed E-state index contributed by atoms with van der Waals surface area (Å²) in [7, 11) is 1.66. The van der Waals surface area contributed by atoms with Crippen LogP contribution in [-0.2, 0) is 11.2 Å². The summed E-state index contributed by atoms with van der Waals surface area (Å²) in [6, 6.07) is 13.5. The molecule has 4 rings (SSSR count). The molecule has 1 atom stereocenters. The fourth-order valence-corrected chi connectivity index (χ4v) is 4.09. The molecule has 2 amide bonds. The van der Waals surface area contributed by atoms with Gasteiger partial charge in [-0.15, -0.1) is 0 Å². The molecule has 0 aliphatic carbocycles. The van der Waals surface area contributed by atoms with Gasteiger partial charge in [-0.3, -0.25) is 9.59 Å². The minimum absolute atomic E-state index is 0.00414. The molecule has 1 fully saturated rings. The molecule has 0 N–H and O–H groups in total. The lowest BCUT2D eigenvalue weighted by Crippen LogP contribution is -2.39. The largest absolute Gasteiger partial charge is 0.497 e. The summed E-state index contributed by atoms with van der Waals surface area (Å²) in [6.45, 7) is 3.47. The van der Waals surface area contributed by atoms with Crippen LogP contribution in [-0.4, -0.2) is 36.9 Å². The number of ether oxygens (including phenoxy) is 1. The van der Waals surface area contributed by atoms with E-state index in [0.717, 1.165) is 36.4 Å². The van der Waals surface area contributed by atoms with Crippen molar-refractivity contribution in [1.82, 2.24) is 4.90 Å². The summed E-state index contributed by atoms with van der Waals surface area (Å²) in [5, 5.41) is 0. The molecule has 2 aromatic carbocycles. The number of benzene rings is 2. The normalized spacial score (nSPS) is 19.2. The van der Waals surface area contributed by atoms with Crippen LogP contribution in [0.25, 0.3) is 0 Å². The Hall–Kier alpha value is -2.82. The molecule has 140 valence electrons. The van der Waals surface area contributed by atoms with Gasteiger partial charge in [0.15, 0.2) is 0 Å². The number of methoxy groups -OCH3 is 1. The highest BCUT2D eigenvalue weighted by Crippen LogP contribution is 2.33. The van der Waals surface area contributed by atoms with Crippen LogP contribution in [0.5, 0.6) is 5.75 Å². The zero-order valence-corrected chi connectivity index (χ0v) is 15.8. The zero-order chi connectivity index (χ0) is 19.0. The molecule has 5 heteroatoms. The summed E-state index contributed by atoms with van der Waals surface area (Å²) in [6.07, 6.45) is 2.29. The number of hydrogen-bond donors (Lipinski definition) is 0. The molecule has 0 radical (unpaired) electrons. The molecule has 2 aromatic rings. The SMILES string of the molecule is COc1ccc2c(c1)C(C)N(C(=O)c1cccc(N3CCCC3=O)c1)CC2. The Bertz CT molecular complexity index is 893. The van der Waals surface area contributed by atoms with E-state index in [-0.39, 0.29) is 17.9 Å². The first-order chi connectivity index (χ1) is 13.1. The maximum Gasteiger partial charge on any atom is 0.254 e. The first-order valence-corrected chi connectivity index (χ1v) is 9.46. The minimum atomic E-state index is -0.0200. The van der Waals surface area contributed by atoms with Gasteiger partial charge in [0.05, 0.1) is 13.2 Å². The number of fused-ring (bicyclic) bond motifs is 1. The second kappa shape index (κ2) is 7.06. The van der Waals surface area contributed by atoms with E-state index in [9.17, 15) is 9.59 Å². The molecular weight excluding hydrogens is 340 g/mol. The number of anilines is 1. The van der Waals surface area contributed by atoms with E-state index in [1.165, 1.54) is 5.56 Å². The summed E-state index contributed by atoms with van der Waals surface area (Å²) < 4.78 is 5.35. The Balaban J connectivity index is 1.60. The standard InChI is InChI=1S/C22H24N2O3/c1-15-20-14-19(27-2)9-8-16(20)10-12-23(15)22(26)17-5-3-6-18(13-17)24-11-4-7-21(24)25/h3,5-6,8-9,13-15H,4,7,10-12H2,1-2H3. The van der Waals surface area contributed by atoms with Gasteiger partial charge in [-0.05, 0) is 61.2 Å². The number of amides is 2. The summed E-state index contributed by atoms with van der Waals surface area (Å²) in [4.78, 5) is 28.9. The maximum absolute atomic E-state index is 13.2. The summed E-state index contributed by atoms with van der Waals surface area (Å²) >= 11 is 0. The van der Waals surface area contributed by atoms with Crippen molar-refractivity contribution >= 4 is 17.5 Å². The van der Waals surface area contributed by atoms with E-state index < -0.39 is 0 Å². The Labute approximate surface area is 159 Å². The third-order valence-electron chi connectivity index (χ3n) is 5.63. The molecule has 2 aliphatic heterocycles. The fourth-order valence-electron chi connectivity index (χ4n) is 4.09. The Morgan fingerprint density at radius 2 is 1.96 bits per heavy atom. The topological polar surface area (TPSA) is 49.9 Å². The summed E-state index contributed by atoms with van der Waals surface area (Å²) in [5.41, 5.74) is 3.85. The van der Waals surface area contributed by atoms with Crippen molar-refractivity contribution in [1.29, 1.82) is 0 Å². The second-order valence-electron chi connectivity index (χ2n) is 7.19. The lowest BCUT2D eigenvalue weighted by atomic mass is 9.92. The van der Waals surface area contributed by atoms with Crippen molar-refractivity contribution in [2.45, 2.75) is 32.2 Å². The van der Waals surface area contributed by atoms with Crippen molar-refractivity contribution in [3.05, 3.63) is 59.2 Å². The number of carbonyl (C=O) groups excluding carboxylic acids is 2. The number of carbonyl (C=O) groups is 2. The van der Waals surface area contributed by atoms with Crippen molar-refractivity contribution in [2.24, 2.45) is 0 Å². The molecule has 2 aliphatic rings. The molecule has 0 bridgehead atoms.